The summed E-state index contributed by atoms with van der Waals surface area (Å²) in [6, 6.07) is 15.0. The fourth-order valence-electron chi connectivity index (χ4n) is 4.29. The van der Waals surface area contributed by atoms with Crippen molar-refractivity contribution in [3.8, 4) is 11.1 Å². The normalized spacial score (nSPS) is 13.1. The lowest BCUT2D eigenvalue weighted by molar-refractivity contribution is -0.118. The van der Waals surface area contributed by atoms with Crippen molar-refractivity contribution in [2.45, 2.75) is 12.0 Å². The van der Waals surface area contributed by atoms with E-state index in [2.05, 4.69) is 27.9 Å². The monoisotopic (exact) mass is 477 g/mol. The minimum atomic E-state index is -1.22. The van der Waals surface area contributed by atoms with Crippen LogP contribution in [-0.2, 0) is 16.6 Å². The SMILES string of the molecule is CN(C)CC(NC(=O)OCC1c2ccccc2-c2ccccc21)C(=O)Nc1c(C(=O)O)cnn1C. The third-order valence-corrected chi connectivity index (χ3v) is 5.91. The van der Waals surface area contributed by atoms with Gasteiger partial charge in [0.25, 0.3) is 0 Å². The molecule has 0 radical (unpaired) electrons. The average molecular weight is 478 g/mol. The van der Waals surface area contributed by atoms with Gasteiger partial charge in [0.15, 0.2) is 0 Å². The molecular formula is C25H27N5O5. The molecule has 1 aliphatic carbocycles. The number of aromatic nitrogens is 2. The third kappa shape index (κ3) is 5.02. The van der Waals surface area contributed by atoms with E-state index in [4.69, 9.17) is 4.74 Å². The van der Waals surface area contributed by atoms with Crippen LogP contribution in [0.3, 0.4) is 0 Å². The van der Waals surface area contributed by atoms with Gasteiger partial charge in [-0.3, -0.25) is 9.48 Å². The maximum Gasteiger partial charge on any atom is 0.407 e. The zero-order chi connectivity index (χ0) is 25.1. The Labute approximate surface area is 202 Å². The Morgan fingerprint density at radius 3 is 2.26 bits per heavy atom. The molecule has 1 unspecified atom stereocenters. The van der Waals surface area contributed by atoms with Crippen LogP contribution < -0.4 is 10.6 Å². The molecule has 1 aromatic heterocycles. The number of carbonyl (C=O) groups is 3. The van der Waals surface area contributed by atoms with Gasteiger partial charge >= 0.3 is 12.1 Å². The van der Waals surface area contributed by atoms with E-state index in [1.165, 1.54) is 11.7 Å². The largest absolute Gasteiger partial charge is 0.477 e. The Hall–Kier alpha value is -4.18. The van der Waals surface area contributed by atoms with Crippen LogP contribution in [0.1, 0.15) is 27.4 Å². The standard InChI is InChI=1S/C25H27N5O5/c1-29(2)13-21(23(31)28-22-19(24(32)33)12-26-30(22)3)27-25(34)35-14-20-17-10-6-4-8-15(17)16-9-5-7-11-18(16)20/h4-12,20-21H,13-14H2,1-3H3,(H,27,34)(H,28,31)(H,32,33). The van der Waals surface area contributed by atoms with Crippen molar-refractivity contribution in [2.75, 3.05) is 32.6 Å². The van der Waals surface area contributed by atoms with Crippen LogP contribution in [0.5, 0.6) is 0 Å². The van der Waals surface area contributed by atoms with Crippen LogP contribution in [0, 0.1) is 0 Å². The smallest absolute Gasteiger partial charge is 0.407 e. The number of aromatic carboxylic acids is 1. The Bertz CT molecular complexity index is 1220. The molecule has 0 aliphatic heterocycles. The fraction of sp³-hybridized carbons (Fsp3) is 0.280. The highest BCUT2D eigenvalue weighted by atomic mass is 16.5. The van der Waals surface area contributed by atoms with Gasteiger partial charge < -0.3 is 25.4 Å². The third-order valence-electron chi connectivity index (χ3n) is 5.91. The summed E-state index contributed by atoms with van der Waals surface area (Å²) in [6.07, 6.45) is 0.412. The molecule has 0 spiro atoms. The Morgan fingerprint density at radius 1 is 1.09 bits per heavy atom. The number of amides is 2. The summed E-state index contributed by atoms with van der Waals surface area (Å²) >= 11 is 0. The molecule has 3 aromatic rings. The minimum absolute atomic E-state index is 0.0283. The molecule has 35 heavy (non-hydrogen) atoms. The van der Waals surface area contributed by atoms with Gasteiger partial charge in [0.05, 0.1) is 6.20 Å². The number of alkyl carbamates (subject to hydrolysis) is 1. The predicted molar refractivity (Wildman–Crippen MR) is 129 cm³/mol. The first kappa shape index (κ1) is 24.0. The van der Waals surface area contributed by atoms with Crippen molar-refractivity contribution in [3.63, 3.8) is 0 Å². The van der Waals surface area contributed by atoms with E-state index in [0.29, 0.717) is 0 Å². The number of carboxylic acids is 1. The fourth-order valence-corrected chi connectivity index (χ4v) is 4.29. The van der Waals surface area contributed by atoms with Crippen LogP contribution >= 0.6 is 0 Å². The van der Waals surface area contributed by atoms with E-state index in [0.717, 1.165) is 28.5 Å². The number of rotatable bonds is 8. The molecule has 2 amide bonds. The van der Waals surface area contributed by atoms with Crippen LogP contribution in [0.2, 0.25) is 0 Å². The van der Waals surface area contributed by atoms with Crippen molar-refractivity contribution in [3.05, 3.63) is 71.4 Å². The molecule has 2 aromatic carbocycles. The first-order chi connectivity index (χ1) is 16.8. The molecule has 1 aliphatic rings. The lowest BCUT2D eigenvalue weighted by atomic mass is 9.98. The molecule has 0 saturated heterocycles. The maximum atomic E-state index is 13.0. The number of hydrogen-bond acceptors (Lipinski definition) is 6. The summed E-state index contributed by atoms with van der Waals surface area (Å²) in [6.45, 7) is 0.289. The van der Waals surface area contributed by atoms with Crippen molar-refractivity contribution in [2.24, 2.45) is 7.05 Å². The number of nitrogens with zero attached hydrogens (tertiary/aromatic N) is 3. The number of nitrogens with one attached hydrogen (secondary N) is 2. The second-order valence-electron chi connectivity index (χ2n) is 8.61. The van der Waals surface area contributed by atoms with Gasteiger partial charge in [-0.05, 0) is 36.3 Å². The maximum absolute atomic E-state index is 13.0. The molecule has 10 heteroatoms. The van der Waals surface area contributed by atoms with Crippen molar-refractivity contribution < 1.29 is 24.2 Å². The Morgan fingerprint density at radius 2 is 1.69 bits per heavy atom. The lowest BCUT2D eigenvalue weighted by Gasteiger charge is -2.22. The summed E-state index contributed by atoms with van der Waals surface area (Å²) in [7, 11) is 5.03. The molecule has 4 rings (SSSR count). The minimum Gasteiger partial charge on any atom is -0.477 e. The molecule has 10 nitrogen and oxygen atoms in total. The highest BCUT2D eigenvalue weighted by Gasteiger charge is 2.30. The first-order valence-corrected chi connectivity index (χ1v) is 11.1. The van der Waals surface area contributed by atoms with Crippen molar-refractivity contribution in [1.82, 2.24) is 20.0 Å². The Kier molecular flexibility index (Phi) is 6.83. The van der Waals surface area contributed by atoms with Gasteiger partial charge in [-0.2, -0.15) is 5.10 Å². The molecule has 1 heterocycles. The number of anilines is 1. The molecule has 1 atom stereocenters. The highest BCUT2D eigenvalue weighted by molar-refractivity contribution is 6.02. The van der Waals surface area contributed by atoms with E-state index in [1.807, 2.05) is 36.4 Å². The van der Waals surface area contributed by atoms with Gasteiger partial charge in [-0.1, -0.05) is 48.5 Å². The van der Waals surface area contributed by atoms with E-state index in [1.54, 1.807) is 19.0 Å². The van der Waals surface area contributed by atoms with Crippen LogP contribution in [0.4, 0.5) is 10.6 Å². The van der Waals surface area contributed by atoms with Crippen LogP contribution in [0.25, 0.3) is 11.1 Å². The van der Waals surface area contributed by atoms with Crippen LogP contribution in [-0.4, -0.2) is 71.0 Å². The summed E-state index contributed by atoms with van der Waals surface area (Å²) in [5.41, 5.74) is 4.26. The molecule has 0 saturated carbocycles. The number of carboxylic acid groups (broad SMARTS) is 1. The molecule has 0 fully saturated rings. The van der Waals surface area contributed by atoms with Crippen molar-refractivity contribution >= 4 is 23.8 Å². The number of benzene rings is 2. The van der Waals surface area contributed by atoms with Crippen LogP contribution in [0.15, 0.2) is 54.7 Å². The van der Waals surface area contributed by atoms with E-state index < -0.39 is 24.0 Å². The quantitative estimate of drug-likeness (QED) is 0.455. The van der Waals surface area contributed by atoms with E-state index in [9.17, 15) is 19.5 Å². The van der Waals surface area contributed by atoms with Crippen molar-refractivity contribution in [1.29, 1.82) is 0 Å². The van der Waals surface area contributed by atoms with Gasteiger partial charge in [0, 0.05) is 19.5 Å². The summed E-state index contributed by atoms with van der Waals surface area (Å²) in [4.78, 5) is 38.8. The Balaban J connectivity index is 1.45. The number of aryl methyl sites for hydroxylation is 1. The second kappa shape index (κ2) is 9.98. The first-order valence-electron chi connectivity index (χ1n) is 11.1. The van der Waals surface area contributed by atoms with E-state index in [-0.39, 0.29) is 30.5 Å². The summed E-state index contributed by atoms with van der Waals surface area (Å²) < 4.78 is 6.81. The van der Waals surface area contributed by atoms with Gasteiger partial charge in [0.1, 0.15) is 24.0 Å². The molecular weight excluding hydrogens is 450 g/mol. The highest BCUT2D eigenvalue weighted by Crippen LogP contribution is 2.44. The predicted octanol–water partition coefficient (Wildman–Crippen LogP) is 2.53. The molecule has 0 bridgehead atoms. The van der Waals surface area contributed by atoms with E-state index >= 15 is 0 Å². The van der Waals surface area contributed by atoms with Gasteiger partial charge in [-0.15, -0.1) is 0 Å². The second-order valence-corrected chi connectivity index (χ2v) is 8.61. The number of fused-ring (bicyclic) bond motifs is 3. The molecule has 3 N–H and O–H groups in total. The summed E-state index contributed by atoms with van der Waals surface area (Å²) in [5, 5.41) is 18.4. The number of carbonyl (C=O) groups excluding carboxylic acids is 2. The zero-order valence-corrected chi connectivity index (χ0v) is 19.7. The summed E-state index contributed by atoms with van der Waals surface area (Å²) in [5.74, 6) is -1.89. The van der Waals surface area contributed by atoms with Gasteiger partial charge in [0.2, 0.25) is 5.91 Å². The zero-order valence-electron chi connectivity index (χ0n) is 19.7. The number of ether oxygens (including phenoxy) is 1. The average Bonchev–Trinajstić information content (AvgIpc) is 3.35. The number of hydrogen-bond donors (Lipinski definition) is 3. The lowest BCUT2D eigenvalue weighted by Crippen LogP contribution is -2.49. The van der Waals surface area contributed by atoms with Gasteiger partial charge in [-0.25, -0.2) is 9.59 Å². The number of likely N-dealkylation sites (N-methyl/N-ethyl adjacent to an activating group) is 1. The molecule has 182 valence electrons. The topological polar surface area (TPSA) is 126 Å².